The van der Waals surface area contributed by atoms with Crippen LogP contribution in [0.5, 0.6) is 0 Å². The Labute approximate surface area is 123 Å². The molecule has 2 aromatic rings. The van der Waals surface area contributed by atoms with Gasteiger partial charge in [0.25, 0.3) is 5.91 Å². The van der Waals surface area contributed by atoms with Crippen molar-refractivity contribution < 1.29 is 9.21 Å². The summed E-state index contributed by atoms with van der Waals surface area (Å²) in [4.78, 5) is 14.6. The maximum atomic E-state index is 12.1. The topological polar surface area (TPSA) is 71.5 Å². The second-order valence-electron chi connectivity index (χ2n) is 6.13. The number of hydrogen-bond donors (Lipinski definition) is 2. The van der Waals surface area contributed by atoms with E-state index >= 15 is 0 Å². The van der Waals surface area contributed by atoms with Crippen molar-refractivity contribution in [3.05, 3.63) is 35.6 Å². The van der Waals surface area contributed by atoms with Crippen molar-refractivity contribution in [2.75, 3.05) is 6.54 Å². The number of carbonyl (C=O) groups is 1. The van der Waals surface area contributed by atoms with Crippen molar-refractivity contribution >= 4 is 16.9 Å². The highest BCUT2D eigenvalue weighted by Gasteiger charge is 2.38. The molecule has 2 bridgehead atoms. The third-order valence-corrected chi connectivity index (χ3v) is 4.90. The van der Waals surface area contributed by atoms with E-state index in [2.05, 4.69) is 10.3 Å². The molecule has 0 spiro atoms. The molecule has 1 saturated carbocycles. The highest BCUT2D eigenvalue weighted by molar-refractivity contribution is 6.07. The molecule has 4 rings (SSSR count). The van der Waals surface area contributed by atoms with Crippen LogP contribution in [0.25, 0.3) is 11.0 Å². The summed E-state index contributed by atoms with van der Waals surface area (Å²) in [6.45, 7) is 1.81. The summed E-state index contributed by atoms with van der Waals surface area (Å²) in [5, 5.41) is 0.833. The van der Waals surface area contributed by atoms with Crippen molar-refractivity contribution in [3.8, 4) is 0 Å². The maximum absolute atomic E-state index is 12.1. The summed E-state index contributed by atoms with van der Waals surface area (Å²) in [6, 6.07) is 8.27. The molecule has 1 amide bonds. The van der Waals surface area contributed by atoms with Crippen LogP contribution in [-0.2, 0) is 6.54 Å². The van der Waals surface area contributed by atoms with Gasteiger partial charge in [-0.2, -0.15) is 0 Å². The molecule has 0 radical (unpaired) electrons. The minimum Gasteiger partial charge on any atom is -0.459 e. The number of piperidine rings is 1. The molecule has 2 fully saturated rings. The van der Waals surface area contributed by atoms with Crippen molar-refractivity contribution in [3.63, 3.8) is 0 Å². The lowest BCUT2D eigenvalue weighted by atomic mass is 10.1. The number of carbonyl (C=O) groups excluding carboxylic acids is 1. The second kappa shape index (κ2) is 4.86. The first-order chi connectivity index (χ1) is 10.3. The van der Waals surface area contributed by atoms with Gasteiger partial charge in [0.2, 0.25) is 0 Å². The summed E-state index contributed by atoms with van der Waals surface area (Å²) in [5.74, 6) is 6.61. The van der Waals surface area contributed by atoms with Gasteiger partial charge in [-0.25, -0.2) is 5.84 Å². The van der Waals surface area contributed by atoms with Gasteiger partial charge in [-0.05, 0) is 31.2 Å². The molecule has 1 aromatic heterocycles. The number of likely N-dealkylation sites (tertiary alicyclic amines) is 1. The van der Waals surface area contributed by atoms with Gasteiger partial charge in [-0.15, -0.1) is 0 Å². The minimum atomic E-state index is -0.278. The summed E-state index contributed by atoms with van der Waals surface area (Å²) >= 11 is 0. The van der Waals surface area contributed by atoms with Gasteiger partial charge in [0.05, 0.1) is 12.1 Å². The van der Waals surface area contributed by atoms with Crippen molar-refractivity contribution in [1.82, 2.24) is 10.3 Å². The number of amides is 1. The van der Waals surface area contributed by atoms with Crippen LogP contribution < -0.4 is 11.3 Å². The van der Waals surface area contributed by atoms with Gasteiger partial charge in [-0.3, -0.25) is 15.1 Å². The Morgan fingerprint density at radius 1 is 1.38 bits per heavy atom. The minimum absolute atomic E-state index is 0.278. The fraction of sp³-hybridized carbons (Fsp3) is 0.438. The average Bonchev–Trinajstić information content (AvgIpc) is 3.19. The molecule has 1 aliphatic heterocycles. The van der Waals surface area contributed by atoms with E-state index in [4.69, 9.17) is 10.3 Å². The number of benzene rings is 1. The van der Waals surface area contributed by atoms with E-state index in [1.165, 1.54) is 19.3 Å². The number of nitrogens with zero attached hydrogens (tertiary/aromatic N) is 1. The number of nitrogen functional groups attached to an aromatic ring is 1. The second-order valence-corrected chi connectivity index (χ2v) is 6.13. The van der Waals surface area contributed by atoms with Crippen LogP contribution in [-0.4, -0.2) is 23.4 Å². The van der Waals surface area contributed by atoms with Crippen LogP contribution >= 0.6 is 0 Å². The van der Waals surface area contributed by atoms with Crippen LogP contribution in [0.3, 0.4) is 0 Å². The molecular formula is C16H19N3O2. The Balaban J connectivity index is 1.72. The number of nitrogens with one attached hydrogen (secondary N) is 1. The van der Waals surface area contributed by atoms with E-state index in [0.29, 0.717) is 18.2 Å². The van der Waals surface area contributed by atoms with Crippen LogP contribution in [0.1, 0.15) is 35.4 Å². The van der Waals surface area contributed by atoms with Gasteiger partial charge in [-0.1, -0.05) is 18.2 Å². The Kier molecular flexibility index (Phi) is 2.97. The molecular weight excluding hydrogens is 266 g/mol. The molecule has 5 nitrogen and oxygen atoms in total. The van der Waals surface area contributed by atoms with E-state index in [1.807, 2.05) is 24.3 Å². The third-order valence-electron chi connectivity index (χ3n) is 4.90. The molecule has 1 aliphatic carbocycles. The van der Waals surface area contributed by atoms with E-state index in [0.717, 1.165) is 29.2 Å². The first-order valence-electron chi connectivity index (χ1n) is 7.51. The first-order valence-corrected chi connectivity index (χ1v) is 7.51. The molecule has 1 saturated heterocycles. The van der Waals surface area contributed by atoms with Gasteiger partial charge in [0.1, 0.15) is 11.3 Å². The van der Waals surface area contributed by atoms with Crippen LogP contribution in [0.15, 0.2) is 28.7 Å². The van der Waals surface area contributed by atoms with Gasteiger partial charge in [0.15, 0.2) is 0 Å². The SMILES string of the molecule is NNC(=O)c1c(CN2CC3CCC2C3)oc2ccccc12. The van der Waals surface area contributed by atoms with Crippen molar-refractivity contribution in [1.29, 1.82) is 0 Å². The highest BCUT2D eigenvalue weighted by Crippen LogP contribution is 2.39. The zero-order chi connectivity index (χ0) is 14.4. The largest absolute Gasteiger partial charge is 0.459 e. The maximum Gasteiger partial charge on any atom is 0.269 e. The third kappa shape index (κ3) is 2.04. The quantitative estimate of drug-likeness (QED) is 0.514. The first kappa shape index (κ1) is 12.9. The molecule has 21 heavy (non-hydrogen) atoms. The van der Waals surface area contributed by atoms with E-state index < -0.39 is 0 Å². The molecule has 2 aliphatic rings. The zero-order valence-electron chi connectivity index (χ0n) is 11.8. The average molecular weight is 285 g/mol. The lowest BCUT2D eigenvalue weighted by molar-refractivity contribution is 0.0950. The number of para-hydroxylation sites is 1. The summed E-state index contributed by atoms with van der Waals surface area (Å²) in [6.07, 6.45) is 3.90. The molecule has 5 heteroatoms. The van der Waals surface area contributed by atoms with Crippen LogP contribution in [0.2, 0.25) is 0 Å². The summed E-state index contributed by atoms with van der Waals surface area (Å²) in [5.41, 5.74) is 3.57. The standard InChI is InChI=1S/C16H19N3O2/c17-18-16(20)15-12-3-1-2-4-13(12)21-14(15)9-19-8-10-5-6-11(19)7-10/h1-4,10-11H,5-9,17H2,(H,18,20). The fourth-order valence-electron chi connectivity index (χ4n) is 3.93. The Morgan fingerprint density at radius 2 is 2.24 bits per heavy atom. The van der Waals surface area contributed by atoms with Crippen molar-refractivity contribution in [2.45, 2.75) is 31.8 Å². The smallest absolute Gasteiger partial charge is 0.269 e. The summed E-state index contributed by atoms with van der Waals surface area (Å²) < 4.78 is 5.93. The van der Waals surface area contributed by atoms with Crippen LogP contribution in [0.4, 0.5) is 0 Å². The number of nitrogens with two attached hydrogens (primary N) is 1. The Bertz CT molecular complexity index is 694. The van der Waals surface area contributed by atoms with E-state index in [1.54, 1.807) is 0 Å². The molecule has 2 heterocycles. The molecule has 1 aromatic carbocycles. The number of rotatable bonds is 3. The van der Waals surface area contributed by atoms with Crippen molar-refractivity contribution in [2.24, 2.45) is 11.8 Å². The molecule has 2 unspecified atom stereocenters. The fourth-order valence-corrected chi connectivity index (χ4v) is 3.93. The van der Waals surface area contributed by atoms with Gasteiger partial charge >= 0.3 is 0 Å². The highest BCUT2D eigenvalue weighted by atomic mass is 16.3. The Hall–Kier alpha value is -1.85. The lowest BCUT2D eigenvalue weighted by Crippen LogP contribution is -2.34. The number of furan rings is 1. The van der Waals surface area contributed by atoms with E-state index in [-0.39, 0.29) is 5.91 Å². The van der Waals surface area contributed by atoms with Gasteiger partial charge < -0.3 is 4.42 Å². The van der Waals surface area contributed by atoms with E-state index in [9.17, 15) is 4.79 Å². The predicted molar refractivity (Wildman–Crippen MR) is 79.4 cm³/mol. The van der Waals surface area contributed by atoms with Crippen LogP contribution in [0, 0.1) is 5.92 Å². The summed E-state index contributed by atoms with van der Waals surface area (Å²) in [7, 11) is 0. The Morgan fingerprint density at radius 3 is 2.95 bits per heavy atom. The molecule has 2 atom stereocenters. The number of hydrazine groups is 1. The zero-order valence-corrected chi connectivity index (χ0v) is 11.8. The molecule has 110 valence electrons. The number of fused-ring (bicyclic) bond motifs is 3. The number of hydrogen-bond acceptors (Lipinski definition) is 4. The molecule has 3 N–H and O–H groups in total. The monoisotopic (exact) mass is 285 g/mol. The predicted octanol–water partition coefficient (Wildman–Crippen LogP) is 2.02. The normalized spacial score (nSPS) is 24.8. The van der Waals surface area contributed by atoms with Gasteiger partial charge in [0, 0.05) is 18.0 Å². The lowest BCUT2D eigenvalue weighted by Gasteiger charge is -2.25.